The lowest BCUT2D eigenvalue weighted by molar-refractivity contribution is 0.301. The average molecular weight is 226 g/mol. The Morgan fingerprint density at radius 1 is 1.31 bits per heavy atom. The van der Waals surface area contributed by atoms with Crippen LogP contribution >= 0.6 is 0 Å². The molecular formula is C14H30N2. The summed E-state index contributed by atoms with van der Waals surface area (Å²) in [6.07, 6.45) is 5.10. The summed E-state index contributed by atoms with van der Waals surface area (Å²) in [6.45, 7) is 12.6. The van der Waals surface area contributed by atoms with Crippen LogP contribution in [0.1, 0.15) is 53.4 Å². The van der Waals surface area contributed by atoms with Gasteiger partial charge < -0.3 is 11.1 Å². The van der Waals surface area contributed by atoms with E-state index in [4.69, 9.17) is 5.73 Å². The summed E-state index contributed by atoms with van der Waals surface area (Å²) >= 11 is 0. The standard InChI is InChI=1S/C14H30N2/c1-13(2,7-8-15)6-5-9-16-11-12-10-14(12,3)4/h12,16H,5-11,15H2,1-4H3. The van der Waals surface area contributed by atoms with Crippen LogP contribution in [0.25, 0.3) is 0 Å². The van der Waals surface area contributed by atoms with Crippen LogP contribution in [0, 0.1) is 16.7 Å². The monoisotopic (exact) mass is 226 g/mol. The molecule has 0 heterocycles. The highest BCUT2D eigenvalue weighted by Gasteiger charge is 2.44. The van der Waals surface area contributed by atoms with E-state index in [9.17, 15) is 0 Å². The van der Waals surface area contributed by atoms with Gasteiger partial charge in [0.25, 0.3) is 0 Å². The molecular weight excluding hydrogens is 196 g/mol. The smallest absolute Gasteiger partial charge is 0.00152 e. The Morgan fingerprint density at radius 3 is 2.44 bits per heavy atom. The van der Waals surface area contributed by atoms with Gasteiger partial charge in [-0.05, 0) is 62.1 Å². The van der Waals surface area contributed by atoms with Crippen LogP contribution in [0.4, 0.5) is 0 Å². The van der Waals surface area contributed by atoms with Gasteiger partial charge in [-0.2, -0.15) is 0 Å². The molecule has 2 heteroatoms. The molecule has 1 aliphatic rings. The van der Waals surface area contributed by atoms with Crippen molar-refractivity contribution in [2.24, 2.45) is 22.5 Å². The number of nitrogens with one attached hydrogen (secondary N) is 1. The van der Waals surface area contributed by atoms with E-state index >= 15 is 0 Å². The molecule has 0 saturated heterocycles. The van der Waals surface area contributed by atoms with Crippen molar-refractivity contribution in [3.05, 3.63) is 0 Å². The number of nitrogens with two attached hydrogens (primary N) is 1. The molecule has 96 valence electrons. The van der Waals surface area contributed by atoms with Crippen LogP contribution in [0.2, 0.25) is 0 Å². The molecule has 1 aliphatic carbocycles. The summed E-state index contributed by atoms with van der Waals surface area (Å²) in [4.78, 5) is 0. The predicted octanol–water partition coefficient (Wildman–Crippen LogP) is 2.78. The lowest BCUT2D eigenvalue weighted by Gasteiger charge is -2.23. The molecule has 1 rings (SSSR count). The molecule has 0 spiro atoms. The Bertz CT molecular complexity index is 209. The molecule has 2 nitrogen and oxygen atoms in total. The van der Waals surface area contributed by atoms with E-state index in [1.807, 2.05) is 0 Å². The maximum atomic E-state index is 5.61. The molecule has 0 aromatic carbocycles. The lowest BCUT2D eigenvalue weighted by atomic mass is 9.84. The van der Waals surface area contributed by atoms with Crippen LogP contribution < -0.4 is 11.1 Å². The molecule has 0 aromatic rings. The molecule has 1 fully saturated rings. The molecule has 1 atom stereocenters. The van der Waals surface area contributed by atoms with Crippen molar-refractivity contribution >= 4 is 0 Å². The van der Waals surface area contributed by atoms with Gasteiger partial charge in [-0.15, -0.1) is 0 Å². The summed E-state index contributed by atoms with van der Waals surface area (Å²) in [5.41, 5.74) is 6.65. The predicted molar refractivity (Wildman–Crippen MR) is 71.4 cm³/mol. The van der Waals surface area contributed by atoms with E-state index in [1.165, 1.54) is 32.4 Å². The van der Waals surface area contributed by atoms with Gasteiger partial charge in [0, 0.05) is 0 Å². The second kappa shape index (κ2) is 5.50. The Morgan fingerprint density at radius 2 is 1.94 bits per heavy atom. The molecule has 0 bridgehead atoms. The van der Waals surface area contributed by atoms with Crippen molar-refractivity contribution in [1.82, 2.24) is 5.32 Å². The van der Waals surface area contributed by atoms with Gasteiger partial charge in [0.1, 0.15) is 0 Å². The first-order valence-corrected chi connectivity index (χ1v) is 6.78. The minimum atomic E-state index is 0.426. The fourth-order valence-electron chi connectivity index (χ4n) is 2.41. The summed E-state index contributed by atoms with van der Waals surface area (Å²) < 4.78 is 0. The van der Waals surface area contributed by atoms with E-state index < -0.39 is 0 Å². The van der Waals surface area contributed by atoms with E-state index in [2.05, 4.69) is 33.0 Å². The summed E-state index contributed by atoms with van der Waals surface area (Å²) in [5.74, 6) is 0.921. The number of hydrogen-bond donors (Lipinski definition) is 2. The van der Waals surface area contributed by atoms with E-state index in [-0.39, 0.29) is 0 Å². The highest BCUT2D eigenvalue weighted by atomic mass is 14.9. The van der Waals surface area contributed by atoms with Gasteiger partial charge in [-0.25, -0.2) is 0 Å². The summed E-state index contributed by atoms with van der Waals surface area (Å²) in [6, 6.07) is 0. The Labute approximate surface area is 101 Å². The molecule has 0 amide bonds. The van der Waals surface area contributed by atoms with Crippen LogP contribution in [-0.4, -0.2) is 19.6 Å². The first-order chi connectivity index (χ1) is 7.37. The van der Waals surface area contributed by atoms with Crippen molar-refractivity contribution < 1.29 is 0 Å². The maximum Gasteiger partial charge on any atom is -0.00152 e. The summed E-state index contributed by atoms with van der Waals surface area (Å²) in [7, 11) is 0. The van der Waals surface area contributed by atoms with Crippen LogP contribution in [0.3, 0.4) is 0 Å². The first kappa shape index (κ1) is 14.0. The van der Waals surface area contributed by atoms with Crippen molar-refractivity contribution in [3.63, 3.8) is 0 Å². The third-order valence-electron chi connectivity index (χ3n) is 4.14. The number of rotatable bonds is 8. The van der Waals surface area contributed by atoms with Crippen molar-refractivity contribution in [2.45, 2.75) is 53.4 Å². The van der Waals surface area contributed by atoms with Gasteiger partial charge in [0.2, 0.25) is 0 Å². The summed E-state index contributed by atoms with van der Waals surface area (Å²) in [5, 5.41) is 3.59. The van der Waals surface area contributed by atoms with Gasteiger partial charge in [-0.3, -0.25) is 0 Å². The average Bonchev–Trinajstić information content (AvgIpc) is 2.73. The van der Waals surface area contributed by atoms with Crippen LogP contribution in [0.5, 0.6) is 0 Å². The normalized spacial score (nSPS) is 23.4. The van der Waals surface area contributed by atoms with E-state index in [1.54, 1.807) is 0 Å². The van der Waals surface area contributed by atoms with Crippen molar-refractivity contribution in [1.29, 1.82) is 0 Å². The molecule has 3 N–H and O–H groups in total. The topological polar surface area (TPSA) is 38.0 Å². The molecule has 0 aromatic heterocycles. The van der Waals surface area contributed by atoms with Crippen molar-refractivity contribution in [2.75, 3.05) is 19.6 Å². The molecule has 1 saturated carbocycles. The second-order valence-corrected chi connectivity index (χ2v) is 6.90. The third-order valence-corrected chi connectivity index (χ3v) is 4.14. The Hall–Kier alpha value is -0.0800. The van der Waals surface area contributed by atoms with Gasteiger partial charge in [-0.1, -0.05) is 27.7 Å². The zero-order valence-electron chi connectivity index (χ0n) is 11.6. The molecule has 0 radical (unpaired) electrons. The fourth-order valence-corrected chi connectivity index (χ4v) is 2.41. The zero-order valence-corrected chi connectivity index (χ0v) is 11.6. The quantitative estimate of drug-likeness (QED) is 0.625. The van der Waals surface area contributed by atoms with E-state index in [0.717, 1.165) is 18.9 Å². The lowest BCUT2D eigenvalue weighted by Crippen LogP contribution is -2.23. The SMILES string of the molecule is CC(C)(CCN)CCCNCC1CC1(C)C. The fraction of sp³-hybridized carbons (Fsp3) is 1.00. The highest BCUT2D eigenvalue weighted by molar-refractivity contribution is 4.95. The van der Waals surface area contributed by atoms with Gasteiger partial charge in [0.15, 0.2) is 0 Å². The van der Waals surface area contributed by atoms with Crippen LogP contribution in [-0.2, 0) is 0 Å². The molecule has 1 unspecified atom stereocenters. The highest BCUT2D eigenvalue weighted by Crippen LogP contribution is 2.50. The first-order valence-electron chi connectivity index (χ1n) is 6.78. The minimum absolute atomic E-state index is 0.426. The zero-order chi connectivity index (χ0) is 12.2. The Balaban J connectivity index is 1.96. The number of hydrogen-bond acceptors (Lipinski definition) is 2. The second-order valence-electron chi connectivity index (χ2n) is 6.90. The Kier molecular flexibility index (Phi) is 4.81. The molecule has 0 aliphatic heterocycles. The largest absolute Gasteiger partial charge is 0.330 e. The van der Waals surface area contributed by atoms with Crippen molar-refractivity contribution in [3.8, 4) is 0 Å². The van der Waals surface area contributed by atoms with E-state index in [0.29, 0.717) is 10.8 Å². The van der Waals surface area contributed by atoms with Gasteiger partial charge in [0.05, 0.1) is 0 Å². The third kappa shape index (κ3) is 4.84. The maximum absolute atomic E-state index is 5.61. The van der Waals surface area contributed by atoms with Gasteiger partial charge >= 0.3 is 0 Å². The van der Waals surface area contributed by atoms with Crippen LogP contribution in [0.15, 0.2) is 0 Å². The molecule has 16 heavy (non-hydrogen) atoms. The minimum Gasteiger partial charge on any atom is -0.330 e.